The first-order chi connectivity index (χ1) is 12.5. The van der Waals surface area contributed by atoms with Crippen molar-refractivity contribution in [1.29, 1.82) is 0 Å². The largest absolute Gasteiger partial charge is 0.321 e. The van der Waals surface area contributed by atoms with Crippen molar-refractivity contribution in [3.63, 3.8) is 0 Å². The first-order valence-electron chi connectivity index (χ1n) is 7.87. The lowest BCUT2D eigenvalue weighted by Gasteiger charge is -2.04. The number of hydrogen-bond donors (Lipinski definition) is 1. The number of halogens is 2. The predicted octanol–water partition coefficient (Wildman–Crippen LogP) is 3.64. The molecule has 0 aliphatic heterocycles. The molecule has 1 heterocycles. The van der Waals surface area contributed by atoms with Crippen LogP contribution in [0.5, 0.6) is 0 Å². The summed E-state index contributed by atoms with van der Waals surface area (Å²) in [5.74, 6) is -0.916. The fraction of sp³-hybridized carbons (Fsp3) is 0.0500. The number of carbonyl (C=O) groups excluding carboxylic acids is 2. The van der Waals surface area contributed by atoms with E-state index in [2.05, 4.69) is 5.32 Å². The Morgan fingerprint density at radius 1 is 0.962 bits per heavy atom. The molecule has 0 radical (unpaired) electrons. The Hall–Kier alpha value is -3.05. The van der Waals surface area contributed by atoms with E-state index in [-0.39, 0.29) is 23.3 Å². The zero-order valence-electron chi connectivity index (χ0n) is 13.7. The van der Waals surface area contributed by atoms with Crippen LogP contribution in [-0.2, 0) is 11.3 Å². The third-order valence-electron chi connectivity index (χ3n) is 3.72. The number of nitrogens with zero attached hydrogens (tertiary/aromatic N) is 1. The van der Waals surface area contributed by atoms with Crippen molar-refractivity contribution >= 4 is 29.0 Å². The van der Waals surface area contributed by atoms with E-state index in [1.807, 2.05) is 18.2 Å². The van der Waals surface area contributed by atoms with E-state index in [1.54, 1.807) is 41.2 Å². The van der Waals surface area contributed by atoms with Gasteiger partial charge in [0, 0.05) is 28.9 Å². The lowest BCUT2D eigenvalue weighted by molar-refractivity contribution is -0.684. The molecule has 1 amide bonds. The number of anilines is 1. The Labute approximate surface area is 154 Å². The summed E-state index contributed by atoms with van der Waals surface area (Å²) in [5, 5.41) is 2.59. The summed E-state index contributed by atoms with van der Waals surface area (Å²) in [6.07, 6.45) is 3.32. The number of ketones is 1. The highest BCUT2D eigenvalue weighted by Crippen LogP contribution is 2.19. The average molecular weight is 370 g/mol. The molecule has 26 heavy (non-hydrogen) atoms. The molecule has 6 heteroatoms. The first kappa shape index (κ1) is 17.8. The summed E-state index contributed by atoms with van der Waals surface area (Å²) in [6, 6.07) is 16.3. The predicted molar refractivity (Wildman–Crippen MR) is 96.6 cm³/mol. The van der Waals surface area contributed by atoms with Crippen molar-refractivity contribution in [1.82, 2.24) is 0 Å². The standard InChI is InChI=1S/C20H14ClFN2O2/c21-17-12-16(6-7-18(17)22)23-19(25)13-24-10-8-15(9-11-24)20(26)14-4-2-1-3-5-14/h1-12H,13H2/p+1. The van der Waals surface area contributed by atoms with Gasteiger partial charge in [-0.1, -0.05) is 41.9 Å². The van der Waals surface area contributed by atoms with E-state index in [9.17, 15) is 14.0 Å². The molecule has 0 saturated heterocycles. The monoisotopic (exact) mass is 369 g/mol. The van der Waals surface area contributed by atoms with E-state index in [0.29, 0.717) is 16.8 Å². The topological polar surface area (TPSA) is 50.0 Å². The first-order valence-corrected chi connectivity index (χ1v) is 8.24. The third kappa shape index (κ3) is 4.32. The van der Waals surface area contributed by atoms with Gasteiger partial charge in [-0.2, -0.15) is 4.57 Å². The second-order valence-corrected chi connectivity index (χ2v) is 6.04. The fourth-order valence-electron chi connectivity index (χ4n) is 2.41. The van der Waals surface area contributed by atoms with E-state index in [1.165, 1.54) is 18.2 Å². The molecular formula is C20H15ClFN2O2+. The van der Waals surface area contributed by atoms with Gasteiger partial charge in [-0.25, -0.2) is 4.39 Å². The maximum atomic E-state index is 13.1. The second-order valence-electron chi connectivity index (χ2n) is 5.63. The molecule has 0 saturated carbocycles. The highest BCUT2D eigenvalue weighted by Gasteiger charge is 2.13. The molecule has 0 spiro atoms. The van der Waals surface area contributed by atoms with Gasteiger partial charge < -0.3 is 5.32 Å². The molecule has 2 aromatic carbocycles. The Kier molecular flexibility index (Phi) is 5.39. The molecule has 0 aliphatic rings. The van der Waals surface area contributed by atoms with Crippen molar-refractivity contribution in [3.8, 4) is 0 Å². The minimum Gasteiger partial charge on any atom is -0.321 e. The number of benzene rings is 2. The van der Waals surface area contributed by atoms with Crippen LogP contribution in [0, 0.1) is 5.82 Å². The Balaban J connectivity index is 1.64. The lowest BCUT2D eigenvalue weighted by atomic mass is 10.0. The average Bonchev–Trinajstić information content (AvgIpc) is 2.65. The van der Waals surface area contributed by atoms with Gasteiger partial charge in [-0.15, -0.1) is 0 Å². The van der Waals surface area contributed by atoms with E-state index >= 15 is 0 Å². The summed E-state index contributed by atoms with van der Waals surface area (Å²) in [4.78, 5) is 24.4. The molecule has 0 aliphatic carbocycles. The van der Waals surface area contributed by atoms with Crippen molar-refractivity contribution in [3.05, 3.63) is 95.0 Å². The Bertz CT molecular complexity index is 944. The molecule has 3 aromatic rings. The molecule has 0 bridgehead atoms. The van der Waals surface area contributed by atoms with Crippen LogP contribution in [0.3, 0.4) is 0 Å². The molecule has 0 unspecified atom stereocenters. The minimum absolute atomic E-state index is 0.0504. The van der Waals surface area contributed by atoms with Crippen molar-refractivity contribution in [2.75, 3.05) is 5.32 Å². The molecule has 1 aromatic heterocycles. The van der Waals surface area contributed by atoms with Crippen molar-refractivity contribution in [2.24, 2.45) is 0 Å². The summed E-state index contributed by atoms with van der Waals surface area (Å²) in [5.41, 5.74) is 1.56. The van der Waals surface area contributed by atoms with Gasteiger partial charge >= 0.3 is 0 Å². The van der Waals surface area contributed by atoms with Crippen LogP contribution >= 0.6 is 11.6 Å². The molecule has 4 nitrogen and oxygen atoms in total. The Morgan fingerprint density at radius 3 is 2.27 bits per heavy atom. The van der Waals surface area contributed by atoms with Crippen LogP contribution in [0.15, 0.2) is 73.1 Å². The van der Waals surface area contributed by atoms with Crippen LogP contribution in [0.2, 0.25) is 5.02 Å². The van der Waals surface area contributed by atoms with E-state index in [4.69, 9.17) is 11.6 Å². The van der Waals surface area contributed by atoms with Crippen LogP contribution in [0.25, 0.3) is 0 Å². The van der Waals surface area contributed by atoms with E-state index < -0.39 is 5.82 Å². The molecule has 130 valence electrons. The van der Waals surface area contributed by atoms with Crippen molar-refractivity contribution < 1.29 is 18.5 Å². The number of hydrogen-bond acceptors (Lipinski definition) is 2. The summed E-state index contributed by atoms with van der Waals surface area (Å²) in [7, 11) is 0. The number of aromatic nitrogens is 1. The van der Waals surface area contributed by atoms with Gasteiger partial charge in [0.05, 0.1) is 5.02 Å². The highest BCUT2D eigenvalue weighted by atomic mass is 35.5. The number of carbonyl (C=O) groups is 2. The van der Waals surface area contributed by atoms with Crippen LogP contribution in [-0.4, -0.2) is 11.7 Å². The quantitative estimate of drug-likeness (QED) is 0.551. The summed E-state index contributed by atoms with van der Waals surface area (Å²) < 4.78 is 14.8. The van der Waals surface area contributed by atoms with Gasteiger partial charge in [0.1, 0.15) is 5.82 Å². The smallest absolute Gasteiger partial charge is 0.290 e. The molecule has 0 atom stereocenters. The van der Waals surface area contributed by atoms with Gasteiger partial charge in [0.2, 0.25) is 6.54 Å². The molecule has 1 N–H and O–H groups in total. The number of pyridine rings is 1. The number of nitrogens with one attached hydrogen (secondary N) is 1. The fourth-order valence-corrected chi connectivity index (χ4v) is 2.59. The second kappa shape index (κ2) is 7.89. The van der Waals surface area contributed by atoms with Gasteiger partial charge in [-0.05, 0) is 18.2 Å². The highest BCUT2D eigenvalue weighted by molar-refractivity contribution is 6.31. The summed E-state index contributed by atoms with van der Waals surface area (Å²) in [6.45, 7) is 0.0504. The molecular weight excluding hydrogens is 355 g/mol. The number of amides is 1. The van der Waals surface area contributed by atoms with Gasteiger partial charge in [0.15, 0.2) is 18.2 Å². The van der Waals surface area contributed by atoms with Crippen LogP contribution in [0.1, 0.15) is 15.9 Å². The zero-order valence-corrected chi connectivity index (χ0v) is 14.4. The lowest BCUT2D eigenvalue weighted by Crippen LogP contribution is -2.39. The van der Waals surface area contributed by atoms with Gasteiger partial charge in [-0.3, -0.25) is 9.59 Å². The van der Waals surface area contributed by atoms with Gasteiger partial charge in [0.25, 0.3) is 5.91 Å². The zero-order chi connectivity index (χ0) is 18.5. The SMILES string of the molecule is O=C(C[n+]1ccc(C(=O)c2ccccc2)cc1)Nc1ccc(F)c(Cl)c1. The minimum atomic E-state index is -0.544. The van der Waals surface area contributed by atoms with E-state index in [0.717, 1.165) is 0 Å². The normalized spacial score (nSPS) is 10.4. The van der Waals surface area contributed by atoms with Crippen LogP contribution in [0.4, 0.5) is 10.1 Å². The third-order valence-corrected chi connectivity index (χ3v) is 4.01. The molecule has 0 fully saturated rings. The maximum Gasteiger partial charge on any atom is 0.290 e. The maximum absolute atomic E-state index is 13.1. The molecule has 3 rings (SSSR count). The van der Waals surface area contributed by atoms with Crippen LogP contribution < -0.4 is 9.88 Å². The Morgan fingerprint density at radius 2 is 1.62 bits per heavy atom. The number of rotatable bonds is 5. The van der Waals surface area contributed by atoms with Crippen molar-refractivity contribution in [2.45, 2.75) is 6.54 Å². The summed E-state index contributed by atoms with van der Waals surface area (Å²) >= 11 is 5.69.